The summed E-state index contributed by atoms with van der Waals surface area (Å²) in [4.78, 5) is 22.8. The molecule has 8 heteroatoms. The Morgan fingerprint density at radius 1 is 1.22 bits per heavy atom. The standard InChI is InChI=1S/C19H18N4O2S2/c1-3-7-14-20-15(25-22-14)11-27-19-21-17-16(18(24)23(19)2)13(10-26-17)12-8-5-4-6-9-12/h4-6,8-10H,3,7,11H2,1-2H3. The van der Waals surface area contributed by atoms with Gasteiger partial charge in [-0.1, -0.05) is 54.2 Å². The Morgan fingerprint density at radius 2 is 2.04 bits per heavy atom. The van der Waals surface area contributed by atoms with E-state index in [9.17, 15) is 4.79 Å². The molecule has 138 valence electrons. The van der Waals surface area contributed by atoms with Gasteiger partial charge >= 0.3 is 0 Å². The molecule has 0 aliphatic rings. The number of benzene rings is 1. The zero-order valence-corrected chi connectivity index (χ0v) is 16.6. The van der Waals surface area contributed by atoms with Crippen LogP contribution in [0.1, 0.15) is 25.1 Å². The molecular weight excluding hydrogens is 380 g/mol. The maximum atomic E-state index is 13.0. The summed E-state index contributed by atoms with van der Waals surface area (Å²) in [5.41, 5.74) is 1.92. The molecule has 3 aromatic heterocycles. The van der Waals surface area contributed by atoms with Crippen LogP contribution >= 0.6 is 23.1 Å². The molecule has 0 aliphatic heterocycles. The highest BCUT2D eigenvalue weighted by Crippen LogP contribution is 2.32. The van der Waals surface area contributed by atoms with Crippen LogP contribution in [-0.4, -0.2) is 19.7 Å². The Bertz CT molecular complexity index is 1130. The quantitative estimate of drug-likeness (QED) is 0.356. The molecule has 0 aliphatic carbocycles. The van der Waals surface area contributed by atoms with Gasteiger partial charge in [-0.15, -0.1) is 11.3 Å². The molecule has 1 aromatic carbocycles. The topological polar surface area (TPSA) is 73.8 Å². The van der Waals surface area contributed by atoms with E-state index in [0.29, 0.717) is 22.2 Å². The zero-order valence-electron chi connectivity index (χ0n) is 15.0. The van der Waals surface area contributed by atoms with Crippen molar-refractivity contribution < 1.29 is 4.52 Å². The van der Waals surface area contributed by atoms with Crippen molar-refractivity contribution in [3.63, 3.8) is 0 Å². The second-order valence-electron chi connectivity index (χ2n) is 6.10. The molecular formula is C19H18N4O2S2. The molecule has 0 saturated carbocycles. The summed E-state index contributed by atoms with van der Waals surface area (Å²) in [7, 11) is 1.75. The van der Waals surface area contributed by atoms with Gasteiger partial charge in [0.15, 0.2) is 11.0 Å². The minimum atomic E-state index is -0.0418. The van der Waals surface area contributed by atoms with E-state index >= 15 is 0 Å². The summed E-state index contributed by atoms with van der Waals surface area (Å²) in [6, 6.07) is 9.92. The monoisotopic (exact) mass is 398 g/mol. The van der Waals surface area contributed by atoms with Crippen LogP contribution in [0.3, 0.4) is 0 Å². The van der Waals surface area contributed by atoms with Gasteiger partial charge in [-0.2, -0.15) is 4.98 Å². The summed E-state index contributed by atoms with van der Waals surface area (Å²) in [6.07, 6.45) is 1.77. The van der Waals surface area contributed by atoms with Crippen molar-refractivity contribution >= 4 is 33.3 Å². The number of hydrogen-bond acceptors (Lipinski definition) is 7. The predicted molar refractivity (Wildman–Crippen MR) is 108 cm³/mol. The first-order chi connectivity index (χ1) is 13.2. The van der Waals surface area contributed by atoms with Gasteiger partial charge in [0.05, 0.1) is 11.1 Å². The Morgan fingerprint density at radius 3 is 2.81 bits per heavy atom. The highest BCUT2D eigenvalue weighted by atomic mass is 32.2. The summed E-state index contributed by atoms with van der Waals surface area (Å²) < 4.78 is 6.86. The van der Waals surface area contributed by atoms with Crippen LogP contribution < -0.4 is 5.56 Å². The van der Waals surface area contributed by atoms with Gasteiger partial charge < -0.3 is 4.52 Å². The Kier molecular flexibility index (Phi) is 5.09. The fourth-order valence-electron chi connectivity index (χ4n) is 2.81. The molecule has 0 radical (unpaired) electrons. The number of thioether (sulfide) groups is 1. The third-order valence-corrected chi connectivity index (χ3v) is 6.05. The largest absolute Gasteiger partial charge is 0.338 e. The van der Waals surface area contributed by atoms with Crippen molar-refractivity contribution in [2.75, 3.05) is 0 Å². The number of aromatic nitrogens is 4. The SMILES string of the molecule is CCCc1noc(CSc2nc3scc(-c4ccccc4)c3c(=O)n2C)n1. The lowest BCUT2D eigenvalue weighted by molar-refractivity contribution is 0.384. The molecule has 4 aromatic rings. The number of hydrogen-bond donors (Lipinski definition) is 0. The van der Waals surface area contributed by atoms with E-state index in [1.54, 1.807) is 11.6 Å². The Balaban J connectivity index is 1.65. The first-order valence-electron chi connectivity index (χ1n) is 8.65. The number of aryl methyl sites for hydroxylation is 1. The van der Waals surface area contributed by atoms with Gasteiger partial charge in [-0.05, 0) is 12.0 Å². The van der Waals surface area contributed by atoms with Crippen LogP contribution in [0.15, 0.2) is 50.2 Å². The lowest BCUT2D eigenvalue weighted by Gasteiger charge is -2.06. The van der Waals surface area contributed by atoms with Crippen molar-refractivity contribution in [3.8, 4) is 11.1 Å². The molecule has 6 nitrogen and oxygen atoms in total. The molecule has 0 saturated heterocycles. The summed E-state index contributed by atoms with van der Waals surface area (Å²) in [5.74, 6) is 1.75. The molecule has 0 N–H and O–H groups in total. The normalized spacial score (nSPS) is 11.3. The lowest BCUT2D eigenvalue weighted by atomic mass is 10.1. The maximum Gasteiger partial charge on any atom is 0.263 e. The molecule has 4 rings (SSSR count). The van der Waals surface area contributed by atoms with Gasteiger partial charge in [0.2, 0.25) is 5.89 Å². The van der Waals surface area contributed by atoms with Crippen molar-refractivity contribution in [2.24, 2.45) is 7.05 Å². The van der Waals surface area contributed by atoms with Crippen LogP contribution in [0.2, 0.25) is 0 Å². The Labute approximate surface area is 164 Å². The molecule has 0 unspecified atom stereocenters. The highest BCUT2D eigenvalue weighted by molar-refractivity contribution is 7.98. The van der Waals surface area contributed by atoms with Crippen molar-refractivity contribution in [2.45, 2.75) is 30.7 Å². The van der Waals surface area contributed by atoms with E-state index in [0.717, 1.165) is 34.6 Å². The average Bonchev–Trinajstić information content (AvgIpc) is 3.31. The van der Waals surface area contributed by atoms with Crippen LogP contribution in [0.4, 0.5) is 0 Å². The maximum absolute atomic E-state index is 13.0. The van der Waals surface area contributed by atoms with Gasteiger partial charge in [0.25, 0.3) is 5.56 Å². The molecule has 0 amide bonds. The average molecular weight is 399 g/mol. The summed E-state index contributed by atoms with van der Waals surface area (Å²) >= 11 is 2.92. The minimum absolute atomic E-state index is 0.0418. The lowest BCUT2D eigenvalue weighted by Crippen LogP contribution is -2.19. The van der Waals surface area contributed by atoms with Crippen molar-refractivity contribution in [1.29, 1.82) is 0 Å². The van der Waals surface area contributed by atoms with E-state index in [2.05, 4.69) is 17.1 Å². The van der Waals surface area contributed by atoms with Crippen LogP contribution in [0.25, 0.3) is 21.3 Å². The smallest absolute Gasteiger partial charge is 0.263 e. The fourth-order valence-corrected chi connectivity index (χ4v) is 4.61. The van der Waals surface area contributed by atoms with Crippen LogP contribution in [0.5, 0.6) is 0 Å². The third kappa shape index (κ3) is 3.54. The molecule has 3 heterocycles. The predicted octanol–water partition coefficient (Wildman–Crippen LogP) is 4.29. The number of rotatable bonds is 6. The second kappa shape index (κ2) is 7.66. The number of nitrogens with zero attached hydrogens (tertiary/aromatic N) is 4. The van der Waals surface area contributed by atoms with E-state index in [1.807, 2.05) is 35.7 Å². The third-order valence-electron chi connectivity index (χ3n) is 4.17. The Hall–Kier alpha value is -2.45. The summed E-state index contributed by atoms with van der Waals surface area (Å²) in [6.45, 7) is 2.07. The minimum Gasteiger partial charge on any atom is -0.338 e. The van der Waals surface area contributed by atoms with Crippen LogP contribution in [0, 0.1) is 0 Å². The van der Waals surface area contributed by atoms with Crippen LogP contribution in [-0.2, 0) is 19.2 Å². The van der Waals surface area contributed by atoms with E-state index in [-0.39, 0.29) is 5.56 Å². The summed E-state index contributed by atoms with van der Waals surface area (Å²) in [5, 5.41) is 7.27. The fraction of sp³-hybridized carbons (Fsp3) is 0.263. The first kappa shape index (κ1) is 17.9. The molecule has 0 bridgehead atoms. The first-order valence-corrected chi connectivity index (χ1v) is 10.5. The molecule has 0 atom stereocenters. The van der Waals surface area contributed by atoms with E-state index in [4.69, 9.17) is 9.51 Å². The number of thiophene rings is 1. The van der Waals surface area contributed by atoms with E-state index in [1.165, 1.54) is 23.1 Å². The van der Waals surface area contributed by atoms with Crippen molar-refractivity contribution in [1.82, 2.24) is 19.7 Å². The van der Waals surface area contributed by atoms with Gasteiger partial charge in [0.1, 0.15) is 4.83 Å². The van der Waals surface area contributed by atoms with Gasteiger partial charge in [-0.25, -0.2) is 4.98 Å². The molecule has 0 spiro atoms. The van der Waals surface area contributed by atoms with Gasteiger partial charge in [-0.3, -0.25) is 9.36 Å². The second-order valence-corrected chi connectivity index (χ2v) is 7.90. The van der Waals surface area contributed by atoms with E-state index < -0.39 is 0 Å². The van der Waals surface area contributed by atoms with Gasteiger partial charge in [0, 0.05) is 24.4 Å². The van der Waals surface area contributed by atoms with Crippen molar-refractivity contribution in [3.05, 3.63) is 57.8 Å². The highest BCUT2D eigenvalue weighted by Gasteiger charge is 2.16. The zero-order chi connectivity index (χ0) is 18.8. The number of fused-ring (bicyclic) bond motifs is 1. The molecule has 27 heavy (non-hydrogen) atoms. The molecule has 0 fully saturated rings.